The van der Waals surface area contributed by atoms with Crippen molar-refractivity contribution in [1.82, 2.24) is 5.32 Å². The fourth-order valence-corrected chi connectivity index (χ4v) is 2.05. The molecule has 0 heterocycles. The summed E-state index contributed by atoms with van der Waals surface area (Å²) in [7, 11) is 0. The molecule has 0 saturated carbocycles. The Kier molecular flexibility index (Phi) is 12.7. The van der Waals surface area contributed by atoms with Crippen LogP contribution < -0.4 is 5.32 Å². The van der Waals surface area contributed by atoms with Crippen LogP contribution in [0.5, 0.6) is 0 Å². The van der Waals surface area contributed by atoms with Crippen molar-refractivity contribution in [3.63, 3.8) is 0 Å². The topological polar surface area (TPSA) is 61.7 Å². The standard InChI is InChI=1S/C15H33NO3/c1-13(2)10-14(3)19-12-15(18)11-16-8-6-4-5-7-9-17/h13-18H,4-12H2,1-3H3. The predicted octanol–water partition coefficient (Wildman–Crippen LogP) is 1.94. The molecule has 2 atom stereocenters. The summed E-state index contributed by atoms with van der Waals surface area (Å²) in [6, 6.07) is 0. The van der Waals surface area contributed by atoms with Crippen LogP contribution in [0.4, 0.5) is 0 Å². The number of ether oxygens (including phenoxy) is 1. The third kappa shape index (κ3) is 14.1. The lowest BCUT2D eigenvalue weighted by atomic mass is 10.1. The number of aliphatic hydroxyl groups is 2. The highest BCUT2D eigenvalue weighted by Gasteiger charge is 2.09. The normalized spacial score (nSPS) is 14.8. The number of nitrogens with one attached hydrogen (secondary N) is 1. The Hall–Kier alpha value is -0.160. The first kappa shape index (κ1) is 18.8. The van der Waals surface area contributed by atoms with Crippen LogP contribution in [0.3, 0.4) is 0 Å². The number of hydrogen-bond donors (Lipinski definition) is 3. The molecule has 2 unspecified atom stereocenters. The van der Waals surface area contributed by atoms with E-state index >= 15 is 0 Å². The molecule has 0 aromatic heterocycles. The highest BCUT2D eigenvalue weighted by Crippen LogP contribution is 2.07. The molecule has 0 aliphatic carbocycles. The minimum absolute atomic E-state index is 0.216. The van der Waals surface area contributed by atoms with Gasteiger partial charge in [-0.05, 0) is 38.6 Å². The van der Waals surface area contributed by atoms with Crippen LogP contribution in [0.25, 0.3) is 0 Å². The lowest BCUT2D eigenvalue weighted by Gasteiger charge is -2.18. The van der Waals surface area contributed by atoms with Crippen molar-refractivity contribution in [2.24, 2.45) is 5.92 Å². The largest absolute Gasteiger partial charge is 0.396 e. The maximum atomic E-state index is 9.75. The Balaban J connectivity index is 3.32. The van der Waals surface area contributed by atoms with E-state index < -0.39 is 6.10 Å². The Bertz CT molecular complexity index is 188. The molecule has 0 fully saturated rings. The van der Waals surface area contributed by atoms with Crippen LogP contribution >= 0.6 is 0 Å². The monoisotopic (exact) mass is 275 g/mol. The zero-order valence-electron chi connectivity index (χ0n) is 12.9. The lowest BCUT2D eigenvalue weighted by Crippen LogP contribution is -2.32. The van der Waals surface area contributed by atoms with Gasteiger partial charge in [-0.15, -0.1) is 0 Å². The molecule has 0 spiro atoms. The van der Waals surface area contributed by atoms with E-state index in [-0.39, 0.29) is 12.7 Å². The van der Waals surface area contributed by atoms with E-state index in [2.05, 4.69) is 26.1 Å². The number of rotatable bonds is 13. The van der Waals surface area contributed by atoms with Crippen molar-refractivity contribution >= 4 is 0 Å². The van der Waals surface area contributed by atoms with E-state index in [1.165, 1.54) is 0 Å². The second-order valence-corrected chi connectivity index (χ2v) is 5.77. The maximum Gasteiger partial charge on any atom is 0.0897 e. The number of unbranched alkanes of at least 4 members (excludes halogenated alkanes) is 3. The zero-order chi connectivity index (χ0) is 14.5. The summed E-state index contributed by atoms with van der Waals surface area (Å²) in [4.78, 5) is 0. The Morgan fingerprint density at radius 3 is 2.37 bits per heavy atom. The predicted molar refractivity (Wildman–Crippen MR) is 79.3 cm³/mol. The highest BCUT2D eigenvalue weighted by atomic mass is 16.5. The fraction of sp³-hybridized carbons (Fsp3) is 1.00. The quantitative estimate of drug-likeness (QED) is 0.450. The van der Waals surface area contributed by atoms with Gasteiger partial charge in [-0.1, -0.05) is 26.7 Å². The SMILES string of the molecule is CC(C)CC(C)OCC(O)CNCCCCCCO. The van der Waals surface area contributed by atoms with E-state index in [4.69, 9.17) is 9.84 Å². The van der Waals surface area contributed by atoms with Gasteiger partial charge in [-0.2, -0.15) is 0 Å². The summed E-state index contributed by atoms with van der Waals surface area (Å²) in [5.41, 5.74) is 0. The van der Waals surface area contributed by atoms with E-state index in [1.54, 1.807) is 0 Å². The van der Waals surface area contributed by atoms with Gasteiger partial charge in [-0.25, -0.2) is 0 Å². The van der Waals surface area contributed by atoms with Gasteiger partial charge >= 0.3 is 0 Å². The number of aliphatic hydroxyl groups excluding tert-OH is 2. The lowest BCUT2D eigenvalue weighted by molar-refractivity contribution is -0.00843. The molecule has 0 aliphatic heterocycles. The van der Waals surface area contributed by atoms with Crippen molar-refractivity contribution in [2.75, 3.05) is 26.3 Å². The average molecular weight is 275 g/mol. The van der Waals surface area contributed by atoms with Gasteiger partial charge in [0, 0.05) is 13.2 Å². The van der Waals surface area contributed by atoms with Crippen molar-refractivity contribution in [3.05, 3.63) is 0 Å². The molecule has 4 nitrogen and oxygen atoms in total. The Labute approximate surface area is 118 Å². The average Bonchev–Trinajstić information content (AvgIpc) is 2.34. The van der Waals surface area contributed by atoms with Gasteiger partial charge in [0.25, 0.3) is 0 Å². The smallest absolute Gasteiger partial charge is 0.0897 e. The molecule has 0 aromatic rings. The second kappa shape index (κ2) is 12.9. The Morgan fingerprint density at radius 1 is 1.05 bits per heavy atom. The third-order valence-electron chi connectivity index (χ3n) is 3.02. The highest BCUT2D eigenvalue weighted by molar-refractivity contribution is 4.61. The first-order valence-corrected chi connectivity index (χ1v) is 7.67. The van der Waals surface area contributed by atoms with Gasteiger partial charge < -0.3 is 20.3 Å². The van der Waals surface area contributed by atoms with Crippen molar-refractivity contribution in [1.29, 1.82) is 0 Å². The van der Waals surface area contributed by atoms with Crippen LogP contribution in [0.2, 0.25) is 0 Å². The molecule has 3 N–H and O–H groups in total. The third-order valence-corrected chi connectivity index (χ3v) is 3.02. The molecular weight excluding hydrogens is 242 g/mol. The summed E-state index contributed by atoms with van der Waals surface area (Å²) in [5.74, 6) is 0.629. The summed E-state index contributed by atoms with van der Waals surface area (Å²) in [5, 5.41) is 21.6. The molecule has 116 valence electrons. The first-order valence-electron chi connectivity index (χ1n) is 7.67. The van der Waals surface area contributed by atoms with Crippen LogP contribution in [0.15, 0.2) is 0 Å². The van der Waals surface area contributed by atoms with Gasteiger partial charge in [-0.3, -0.25) is 0 Å². The molecule has 0 aliphatic rings. The van der Waals surface area contributed by atoms with Crippen molar-refractivity contribution in [2.45, 2.75) is 65.1 Å². The second-order valence-electron chi connectivity index (χ2n) is 5.77. The minimum Gasteiger partial charge on any atom is -0.396 e. The maximum absolute atomic E-state index is 9.75. The molecule has 0 bridgehead atoms. The fourth-order valence-electron chi connectivity index (χ4n) is 2.05. The molecule has 0 radical (unpaired) electrons. The summed E-state index contributed by atoms with van der Waals surface area (Å²) >= 11 is 0. The van der Waals surface area contributed by atoms with Crippen LogP contribution in [0, 0.1) is 5.92 Å². The van der Waals surface area contributed by atoms with Gasteiger partial charge in [0.05, 0.1) is 18.8 Å². The van der Waals surface area contributed by atoms with E-state index in [0.29, 0.717) is 19.1 Å². The van der Waals surface area contributed by atoms with Crippen molar-refractivity contribution < 1.29 is 14.9 Å². The molecule has 0 aromatic carbocycles. The number of hydrogen-bond acceptors (Lipinski definition) is 4. The van der Waals surface area contributed by atoms with E-state index in [0.717, 1.165) is 38.6 Å². The van der Waals surface area contributed by atoms with Crippen LogP contribution in [-0.2, 0) is 4.74 Å². The summed E-state index contributed by atoms with van der Waals surface area (Å²) in [6.45, 7) is 8.62. The van der Waals surface area contributed by atoms with E-state index in [1.807, 2.05) is 0 Å². The molecular formula is C15H33NO3. The molecule has 0 saturated heterocycles. The van der Waals surface area contributed by atoms with Crippen LogP contribution in [-0.4, -0.2) is 48.7 Å². The van der Waals surface area contributed by atoms with Crippen molar-refractivity contribution in [3.8, 4) is 0 Å². The van der Waals surface area contributed by atoms with Gasteiger partial charge in [0.15, 0.2) is 0 Å². The van der Waals surface area contributed by atoms with E-state index in [9.17, 15) is 5.11 Å². The molecule has 0 amide bonds. The molecule has 4 heteroatoms. The first-order chi connectivity index (χ1) is 9.06. The molecule has 19 heavy (non-hydrogen) atoms. The summed E-state index contributed by atoms with van der Waals surface area (Å²) < 4.78 is 5.61. The zero-order valence-corrected chi connectivity index (χ0v) is 12.9. The Morgan fingerprint density at radius 2 is 1.74 bits per heavy atom. The summed E-state index contributed by atoms with van der Waals surface area (Å²) in [6.07, 6.45) is 5.02. The van der Waals surface area contributed by atoms with Gasteiger partial charge in [0.2, 0.25) is 0 Å². The minimum atomic E-state index is -0.424. The van der Waals surface area contributed by atoms with Gasteiger partial charge in [0.1, 0.15) is 0 Å². The molecule has 0 rings (SSSR count). The van der Waals surface area contributed by atoms with Crippen LogP contribution in [0.1, 0.15) is 52.9 Å².